The van der Waals surface area contributed by atoms with Gasteiger partial charge in [0.25, 0.3) is 0 Å². The van der Waals surface area contributed by atoms with E-state index in [1.807, 2.05) is 65.7 Å². The number of allylic oxidation sites excluding steroid dienone is 2. The summed E-state index contributed by atoms with van der Waals surface area (Å²) in [6.07, 6.45) is 3.74. The van der Waals surface area contributed by atoms with Crippen molar-refractivity contribution >= 4 is 21.5 Å². The quantitative estimate of drug-likeness (QED) is 0.584. The summed E-state index contributed by atoms with van der Waals surface area (Å²) in [5.74, 6) is -0.120. The van der Waals surface area contributed by atoms with Crippen LogP contribution in [0.4, 0.5) is 11.4 Å². The molecular weight excluding hydrogens is 372 g/mol. The van der Waals surface area contributed by atoms with Gasteiger partial charge in [0.05, 0.1) is 21.5 Å². The number of rotatable bonds is 6. The Kier molecular flexibility index (Phi) is 4.51. The van der Waals surface area contributed by atoms with Crippen LogP contribution in [-0.4, -0.2) is 18.7 Å². The van der Waals surface area contributed by atoms with Gasteiger partial charge in [-0.3, -0.25) is 10.4 Å². The van der Waals surface area contributed by atoms with E-state index < -0.39 is 15.5 Å². The largest absolute Gasteiger partial charge is 0.748 e. The second kappa shape index (κ2) is 6.64. The molecule has 0 amide bonds. The second-order valence-electron chi connectivity index (χ2n) is 8.35. The van der Waals surface area contributed by atoms with E-state index >= 15 is 0 Å². The van der Waals surface area contributed by atoms with Crippen molar-refractivity contribution in [1.82, 2.24) is 5.43 Å². The minimum atomic E-state index is -4.37. The van der Waals surface area contributed by atoms with Crippen LogP contribution in [-0.2, 0) is 10.1 Å². The van der Waals surface area contributed by atoms with Gasteiger partial charge in [-0.2, -0.15) is 0 Å². The van der Waals surface area contributed by atoms with Crippen molar-refractivity contribution in [3.8, 4) is 0 Å². The highest BCUT2D eigenvalue weighted by Crippen LogP contribution is 2.65. The highest BCUT2D eigenvalue weighted by molar-refractivity contribution is 7.85. The Morgan fingerprint density at radius 3 is 2.04 bits per heavy atom. The number of nitrogens with zero attached hydrogens (tertiary/aromatic N) is 1. The molecular formula is C22H25N2O3S-. The van der Waals surface area contributed by atoms with Crippen molar-refractivity contribution in [3.05, 3.63) is 72.4 Å². The molecule has 28 heavy (non-hydrogen) atoms. The fourth-order valence-electron chi connectivity index (χ4n) is 4.91. The summed E-state index contributed by atoms with van der Waals surface area (Å²) in [6.45, 7) is 4.16. The fraction of sp³-hybridized carbons (Fsp3) is 0.364. The number of anilines is 2. The maximum absolute atomic E-state index is 11.8. The molecule has 5 nitrogen and oxygen atoms in total. The monoisotopic (exact) mass is 397 g/mol. The Hall–Kier alpha value is -2.31. The van der Waals surface area contributed by atoms with Crippen LogP contribution >= 0.6 is 0 Å². The molecule has 0 unspecified atom stereocenters. The summed E-state index contributed by atoms with van der Waals surface area (Å²) in [5, 5.41) is 1.96. The van der Waals surface area contributed by atoms with E-state index in [-0.39, 0.29) is 17.1 Å². The van der Waals surface area contributed by atoms with E-state index in [1.54, 1.807) is 0 Å². The molecule has 2 bridgehead atoms. The van der Waals surface area contributed by atoms with Crippen LogP contribution in [0.1, 0.15) is 26.7 Å². The number of hydrogen-bond acceptors (Lipinski definition) is 5. The average molecular weight is 398 g/mol. The number of hydrogen-bond donors (Lipinski definition) is 1. The summed E-state index contributed by atoms with van der Waals surface area (Å²) in [6, 6.07) is 19.7. The molecule has 0 saturated heterocycles. The van der Waals surface area contributed by atoms with E-state index in [9.17, 15) is 13.0 Å². The molecule has 0 aromatic heterocycles. The van der Waals surface area contributed by atoms with Crippen LogP contribution in [0, 0.1) is 16.7 Å². The highest BCUT2D eigenvalue weighted by atomic mass is 32.2. The van der Waals surface area contributed by atoms with Crippen LogP contribution in [0.3, 0.4) is 0 Å². The Morgan fingerprint density at radius 2 is 1.57 bits per heavy atom. The zero-order valence-electron chi connectivity index (χ0n) is 16.1. The van der Waals surface area contributed by atoms with Crippen LogP contribution in [0.15, 0.2) is 72.4 Å². The Bertz CT molecular complexity index is 947. The van der Waals surface area contributed by atoms with Gasteiger partial charge >= 0.3 is 0 Å². The molecule has 1 saturated carbocycles. The van der Waals surface area contributed by atoms with Crippen LogP contribution in [0.5, 0.6) is 0 Å². The zero-order chi connectivity index (χ0) is 20.0. The predicted molar refractivity (Wildman–Crippen MR) is 110 cm³/mol. The average Bonchev–Trinajstić information content (AvgIpc) is 3.01. The van der Waals surface area contributed by atoms with Gasteiger partial charge in [-0.1, -0.05) is 56.3 Å². The van der Waals surface area contributed by atoms with Gasteiger partial charge in [0.2, 0.25) is 0 Å². The van der Waals surface area contributed by atoms with Crippen molar-refractivity contribution in [2.75, 3.05) is 10.8 Å². The van der Waals surface area contributed by atoms with E-state index in [2.05, 4.69) is 25.3 Å². The van der Waals surface area contributed by atoms with E-state index in [0.29, 0.717) is 6.42 Å². The third kappa shape index (κ3) is 3.10. The number of para-hydroxylation sites is 2. The maximum Gasteiger partial charge on any atom is 0.0955 e. The highest BCUT2D eigenvalue weighted by Gasteiger charge is 2.61. The molecule has 2 aliphatic rings. The number of nitrogens with one attached hydrogen (secondary N) is 1. The molecule has 2 atom stereocenters. The maximum atomic E-state index is 11.8. The van der Waals surface area contributed by atoms with Crippen molar-refractivity contribution < 1.29 is 13.0 Å². The molecule has 0 aliphatic heterocycles. The molecule has 148 valence electrons. The Labute approximate surface area is 166 Å². The Balaban J connectivity index is 1.76. The molecule has 0 heterocycles. The smallest absolute Gasteiger partial charge is 0.0955 e. The summed E-state index contributed by atoms with van der Waals surface area (Å²) in [4.78, 5) is 0. The lowest BCUT2D eigenvalue weighted by atomic mass is 9.69. The second-order valence-corrected chi connectivity index (χ2v) is 9.75. The molecule has 6 heteroatoms. The first-order valence-corrected chi connectivity index (χ1v) is 11.1. The molecule has 0 radical (unpaired) electrons. The molecule has 1 fully saturated rings. The lowest BCUT2D eigenvalue weighted by Gasteiger charge is -2.43. The number of benzene rings is 2. The molecule has 0 spiro atoms. The van der Waals surface area contributed by atoms with Crippen molar-refractivity contribution in [3.63, 3.8) is 0 Å². The molecule has 4 rings (SSSR count). The summed E-state index contributed by atoms with van der Waals surface area (Å²) in [7, 11) is -4.37. The summed E-state index contributed by atoms with van der Waals surface area (Å²) < 4.78 is 35.4. The van der Waals surface area contributed by atoms with E-state index in [4.69, 9.17) is 0 Å². The van der Waals surface area contributed by atoms with Gasteiger partial charge in [-0.25, -0.2) is 8.42 Å². The van der Waals surface area contributed by atoms with Gasteiger partial charge in [0.1, 0.15) is 0 Å². The van der Waals surface area contributed by atoms with Gasteiger partial charge in [0.15, 0.2) is 0 Å². The normalized spacial score (nSPS) is 25.4. The molecule has 1 N–H and O–H groups in total. The SMILES string of the molecule is CC1(C)[C@@H]2C=C(NN(c3ccccc3)c3ccccc3)[C@@]1(CS(=O)(=O)[O-])CC2. The van der Waals surface area contributed by atoms with E-state index in [1.165, 1.54) is 0 Å². The third-order valence-corrected chi connectivity index (χ3v) is 7.46. The van der Waals surface area contributed by atoms with E-state index in [0.717, 1.165) is 23.5 Å². The molecule has 2 aliphatic carbocycles. The predicted octanol–water partition coefficient (Wildman–Crippen LogP) is 4.19. The minimum Gasteiger partial charge on any atom is -0.748 e. The summed E-state index contributed by atoms with van der Waals surface area (Å²) >= 11 is 0. The summed E-state index contributed by atoms with van der Waals surface area (Å²) in [5.41, 5.74) is 5.22. The van der Waals surface area contributed by atoms with Crippen LogP contribution in [0.2, 0.25) is 0 Å². The van der Waals surface area contributed by atoms with Gasteiger partial charge in [-0.15, -0.1) is 0 Å². The van der Waals surface area contributed by atoms with Crippen molar-refractivity contribution in [2.45, 2.75) is 26.7 Å². The standard InChI is InChI=1S/C22H26N2O3S/c1-21(2)17-13-14-22(21,16-28(25,26)27)20(15-17)23-24(18-9-5-3-6-10-18)19-11-7-4-8-12-19/h3-12,15,17,23H,13-14,16H2,1-2H3,(H,25,26,27)/p-1/t17-,22-/m0/s1. The van der Waals surface area contributed by atoms with Gasteiger partial charge < -0.3 is 4.55 Å². The minimum absolute atomic E-state index is 0.255. The first-order chi connectivity index (χ1) is 13.2. The Morgan fingerprint density at radius 1 is 1.04 bits per heavy atom. The van der Waals surface area contributed by atoms with Crippen molar-refractivity contribution in [2.24, 2.45) is 16.7 Å². The van der Waals surface area contributed by atoms with Crippen LogP contribution < -0.4 is 10.4 Å². The lowest BCUT2D eigenvalue weighted by Crippen LogP contribution is -2.46. The fourth-order valence-corrected chi connectivity index (χ4v) is 6.18. The molecule has 2 aromatic rings. The first kappa shape index (κ1) is 19.0. The number of fused-ring (bicyclic) bond motifs is 2. The van der Waals surface area contributed by atoms with Crippen LogP contribution in [0.25, 0.3) is 0 Å². The zero-order valence-corrected chi connectivity index (χ0v) is 16.9. The molecule has 2 aromatic carbocycles. The third-order valence-electron chi connectivity index (χ3n) is 6.61. The van der Waals surface area contributed by atoms with Gasteiger partial charge in [0, 0.05) is 16.9 Å². The lowest BCUT2D eigenvalue weighted by molar-refractivity contribution is 0.164. The number of hydrazine groups is 1. The van der Waals surface area contributed by atoms with Gasteiger partial charge in [-0.05, 0) is 48.4 Å². The topological polar surface area (TPSA) is 72.5 Å². The first-order valence-electron chi connectivity index (χ1n) is 9.56. The van der Waals surface area contributed by atoms with Crippen molar-refractivity contribution in [1.29, 1.82) is 0 Å².